The molecule has 2 aromatic rings. The molecule has 0 aliphatic carbocycles. The molecule has 0 aliphatic heterocycles. The number of aliphatic hydroxyl groups is 1. The number of aliphatic hydroxyl groups excluding tert-OH is 1. The Balaban J connectivity index is 2.35. The summed E-state index contributed by atoms with van der Waals surface area (Å²) in [6, 6.07) is 4.62. The molecule has 1 aromatic carbocycles. The van der Waals surface area contributed by atoms with E-state index in [4.69, 9.17) is 5.11 Å². The van der Waals surface area contributed by atoms with Crippen LogP contribution in [0.3, 0.4) is 0 Å². The lowest BCUT2D eigenvalue weighted by molar-refractivity contribution is 0.281. The lowest BCUT2D eigenvalue weighted by Crippen LogP contribution is -2.13. The molecule has 0 aliphatic rings. The Morgan fingerprint density at radius 3 is 2.83 bits per heavy atom. The second-order valence-electron chi connectivity index (χ2n) is 3.84. The highest BCUT2D eigenvalue weighted by Gasteiger charge is 2.15. The van der Waals surface area contributed by atoms with Gasteiger partial charge in [0.05, 0.1) is 23.4 Å². The first-order valence-corrected chi connectivity index (χ1v) is 6.73. The second-order valence-corrected chi connectivity index (χ2v) is 5.52. The highest BCUT2D eigenvalue weighted by molar-refractivity contribution is 7.92. The summed E-state index contributed by atoms with van der Waals surface area (Å²) in [4.78, 5) is 0.110. The molecule has 6 nitrogen and oxygen atoms in total. The molecule has 0 bridgehead atoms. The van der Waals surface area contributed by atoms with Gasteiger partial charge in [-0.25, -0.2) is 8.42 Å². The van der Waals surface area contributed by atoms with Crippen molar-refractivity contribution in [3.63, 3.8) is 0 Å². The number of nitrogens with zero attached hydrogens (tertiary/aromatic N) is 1. The molecule has 18 heavy (non-hydrogen) atoms. The van der Waals surface area contributed by atoms with E-state index < -0.39 is 10.0 Å². The smallest absolute Gasteiger partial charge is 0.262 e. The quantitative estimate of drug-likeness (QED) is 0.770. The van der Waals surface area contributed by atoms with Gasteiger partial charge in [0, 0.05) is 6.20 Å². The Kier molecular flexibility index (Phi) is 3.35. The summed E-state index contributed by atoms with van der Waals surface area (Å²) in [5, 5.41) is 15.3. The van der Waals surface area contributed by atoms with E-state index in [2.05, 4.69) is 14.9 Å². The van der Waals surface area contributed by atoms with Gasteiger partial charge in [-0.15, -0.1) is 0 Å². The predicted molar refractivity (Wildman–Crippen MR) is 66.5 cm³/mol. The number of aryl methyl sites for hydroxylation is 1. The van der Waals surface area contributed by atoms with E-state index in [9.17, 15) is 8.42 Å². The minimum Gasteiger partial charge on any atom is -0.392 e. The minimum atomic E-state index is -3.65. The number of H-pyrrole nitrogens is 1. The lowest BCUT2D eigenvalue weighted by atomic mass is 10.1. The maximum Gasteiger partial charge on any atom is 0.262 e. The van der Waals surface area contributed by atoms with Gasteiger partial charge in [-0.3, -0.25) is 9.82 Å². The van der Waals surface area contributed by atoms with E-state index in [1.165, 1.54) is 24.5 Å². The molecule has 7 heteroatoms. The zero-order chi connectivity index (χ0) is 13.2. The van der Waals surface area contributed by atoms with Gasteiger partial charge in [0.2, 0.25) is 0 Å². The third-order valence-electron chi connectivity index (χ3n) is 2.55. The van der Waals surface area contributed by atoms with Crippen LogP contribution in [0.5, 0.6) is 0 Å². The SMILES string of the molecule is Cc1ccc(S(=O)(=O)Nc2cn[nH]c2)cc1CO. The van der Waals surface area contributed by atoms with Crippen molar-refractivity contribution in [2.24, 2.45) is 0 Å². The first-order valence-electron chi connectivity index (χ1n) is 5.25. The molecular weight excluding hydrogens is 254 g/mol. The average Bonchev–Trinajstić information content (AvgIpc) is 2.81. The molecule has 0 amide bonds. The fourth-order valence-corrected chi connectivity index (χ4v) is 2.59. The fraction of sp³-hybridized carbons (Fsp3) is 0.182. The van der Waals surface area contributed by atoms with Gasteiger partial charge >= 0.3 is 0 Å². The van der Waals surface area contributed by atoms with Crippen LogP contribution in [-0.4, -0.2) is 23.7 Å². The van der Waals surface area contributed by atoms with Crippen molar-refractivity contribution < 1.29 is 13.5 Å². The molecule has 1 heterocycles. The number of aromatic amines is 1. The molecule has 0 spiro atoms. The Hall–Kier alpha value is -1.86. The van der Waals surface area contributed by atoms with Crippen LogP contribution in [0.4, 0.5) is 5.69 Å². The first-order chi connectivity index (χ1) is 8.53. The highest BCUT2D eigenvalue weighted by atomic mass is 32.2. The number of hydrogen-bond acceptors (Lipinski definition) is 4. The molecule has 1 aromatic heterocycles. The Labute approximate surface area is 105 Å². The van der Waals surface area contributed by atoms with Crippen LogP contribution < -0.4 is 4.72 Å². The molecule has 0 fully saturated rings. The molecule has 0 radical (unpaired) electrons. The number of nitrogens with one attached hydrogen (secondary N) is 2. The predicted octanol–water partition coefficient (Wildman–Crippen LogP) is 1.01. The molecule has 0 saturated heterocycles. The number of rotatable bonds is 4. The van der Waals surface area contributed by atoms with Crippen LogP contribution in [-0.2, 0) is 16.6 Å². The minimum absolute atomic E-state index is 0.110. The maximum absolute atomic E-state index is 12.0. The topological polar surface area (TPSA) is 95.1 Å². The van der Waals surface area contributed by atoms with Gasteiger partial charge in [0.15, 0.2) is 0 Å². The Morgan fingerprint density at radius 2 is 2.22 bits per heavy atom. The number of aromatic nitrogens is 2. The third kappa shape index (κ3) is 2.52. The fourth-order valence-electron chi connectivity index (χ4n) is 1.51. The first kappa shape index (κ1) is 12.6. The average molecular weight is 267 g/mol. The van der Waals surface area contributed by atoms with Crippen LogP contribution in [0.25, 0.3) is 0 Å². The summed E-state index contributed by atoms with van der Waals surface area (Å²) in [6.45, 7) is 1.62. The van der Waals surface area contributed by atoms with Gasteiger partial charge in [-0.1, -0.05) is 6.07 Å². The summed E-state index contributed by atoms with van der Waals surface area (Å²) >= 11 is 0. The van der Waals surface area contributed by atoms with Gasteiger partial charge in [0.1, 0.15) is 0 Å². The van der Waals surface area contributed by atoms with Gasteiger partial charge < -0.3 is 5.11 Å². The number of benzene rings is 1. The van der Waals surface area contributed by atoms with Crippen molar-refractivity contribution in [1.29, 1.82) is 0 Å². The standard InChI is InChI=1S/C11H13N3O3S/c1-8-2-3-11(4-9(8)7-15)18(16,17)14-10-5-12-13-6-10/h2-6,14-15H,7H2,1H3,(H,12,13). The Morgan fingerprint density at radius 1 is 1.44 bits per heavy atom. The van der Waals surface area contributed by atoms with E-state index >= 15 is 0 Å². The molecule has 0 unspecified atom stereocenters. The van der Waals surface area contributed by atoms with Crippen molar-refractivity contribution >= 4 is 15.7 Å². The molecule has 0 atom stereocenters. The third-order valence-corrected chi connectivity index (χ3v) is 3.93. The summed E-state index contributed by atoms with van der Waals surface area (Å²) < 4.78 is 26.5. The van der Waals surface area contributed by atoms with Gasteiger partial charge in [-0.05, 0) is 30.2 Å². The van der Waals surface area contributed by atoms with Crippen molar-refractivity contribution in [1.82, 2.24) is 10.2 Å². The van der Waals surface area contributed by atoms with E-state index in [-0.39, 0.29) is 11.5 Å². The number of anilines is 1. The van der Waals surface area contributed by atoms with Gasteiger partial charge in [-0.2, -0.15) is 5.10 Å². The van der Waals surface area contributed by atoms with Crippen molar-refractivity contribution in [2.75, 3.05) is 4.72 Å². The summed E-state index contributed by atoms with van der Waals surface area (Å²) in [6.07, 6.45) is 2.82. The van der Waals surface area contributed by atoms with E-state index in [1.54, 1.807) is 6.07 Å². The molecule has 2 rings (SSSR count). The molecule has 96 valence electrons. The second kappa shape index (κ2) is 4.79. The maximum atomic E-state index is 12.0. The Bertz CT molecular complexity index is 636. The monoisotopic (exact) mass is 267 g/mol. The van der Waals surface area contributed by atoms with Crippen molar-refractivity contribution in [2.45, 2.75) is 18.4 Å². The largest absolute Gasteiger partial charge is 0.392 e. The van der Waals surface area contributed by atoms with Crippen LogP contribution >= 0.6 is 0 Å². The lowest BCUT2D eigenvalue weighted by Gasteiger charge is -2.08. The molecular formula is C11H13N3O3S. The van der Waals surface area contributed by atoms with Crippen LogP contribution in [0.2, 0.25) is 0 Å². The molecule has 0 saturated carbocycles. The zero-order valence-corrected chi connectivity index (χ0v) is 10.5. The van der Waals surface area contributed by atoms with Gasteiger partial charge in [0.25, 0.3) is 10.0 Å². The van der Waals surface area contributed by atoms with E-state index in [0.717, 1.165) is 5.56 Å². The normalized spacial score (nSPS) is 11.4. The van der Waals surface area contributed by atoms with E-state index in [1.807, 2.05) is 6.92 Å². The van der Waals surface area contributed by atoms with Crippen LogP contribution in [0, 0.1) is 6.92 Å². The summed E-state index contributed by atoms with van der Waals surface area (Å²) in [5.41, 5.74) is 1.80. The van der Waals surface area contributed by atoms with Crippen LogP contribution in [0.15, 0.2) is 35.5 Å². The number of hydrogen-bond donors (Lipinski definition) is 3. The summed E-state index contributed by atoms with van der Waals surface area (Å²) in [7, 11) is -3.65. The zero-order valence-electron chi connectivity index (χ0n) is 9.71. The van der Waals surface area contributed by atoms with Crippen molar-refractivity contribution in [3.8, 4) is 0 Å². The van der Waals surface area contributed by atoms with Crippen LogP contribution in [0.1, 0.15) is 11.1 Å². The van der Waals surface area contributed by atoms with E-state index in [0.29, 0.717) is 11.3 Å². The number of sulfonamides is 1. The van der Waals surface area contributed by atoms with Crippen molar-refractivity contribution in [3.05, 3.63) is 41.7 Å². The molecule has 3 N–H and O–H groups in total. The summed E-state index contributed by atoms with van der Waals surface area (Å²) in [5.74, 6) is 0. The highest BCUT2D eigenvalue weighted by Crippen LogP contribution is 2.18.